The van der Waals surface area contributed by atoms with Crippen molar-refractivity contribution in [1.29, 1.82) is 0 Å². The second-order valence-electron chi connectivity index (χ2n) is 9.14. The maximum absolute atomic E-state index is 13.5. The minimum absolute atomic E-state index is 0.142. The maximum Gasteiger partial charge on any atom is 0.289 e. The van der Waals surface area contributed by atoms with Gasteiger partial charge in [-0.25, -0.2) is 13.8 Å². The van der Waals surface area contributed by atoms with Crippen LogP contribution in [0.2, 0.25) is 0 Å². The zero-order chi connectivity index (χ0) is 30.8. The highest BCUT2D eigenvalue weighted by atomic mass is 32.2. The van der Waals surface area contributed by atoms with Crippen molar-refractivity contribution in [2.24, 2.45) is 5.10 Å². The molecular formula is C30H27N5O7S. The Kier molecular flexibility index (Phi) is 9.81. The smallest absolute Gasteiger partial charge is 0.289 e. The SMILES string of the molecule is Cc1ccc(NC(=O)COc2ccc(/C=N\NC(=O)CN(c3ccccc3)S(=O)(=O)c3ccccc3[N+](=O)[O-])cc2)cc1. The first kappa shape index (κ1) is 30.4. The number of nitrogens with zero attached hydrogens (tertiary/aromatic N) is 3. The molecule has 0 radical (unpaired) electrons. The molecule has 4 rings (SSSR count). The van der Waals surface area contributed by atoms with Gasteiger partial charge in [0.2, 0.25) is 0 Å². The van der Waals surface area contributed by atoms with Gasteiger partial charge < -0.3 is 10.1 Å². The van der Waals surface area contributed by atoms with Gasteiger partial charge in [-0.05, 0) is 67.1 Å². The standard InChI is InChI=1S/C30H27N5O7S/c1-22-11-15-24(16-12-22)32-30(37)21-42-26-17-13-23(14-18-26)19-31-33-29(36)20-34(25-7-3-2-4-8-25)43(40,41)28-10-6-5-9-27(28)35(38)39/h2-19H,20-21H2,1H3,(H,32,37)(H,33,36)/b31-19-. The van der Waals surface area contributed by atoms with E-state index in [1.54, 1.807) is 54.6 Å². The summed E-state index contributed by atoms with van der Waals surface area (Å²) in [5.74, 6) is -0.647. The fraction of sp³-hybridized carbons (Fsp3) is 0.100. The van der Waals surface area contributed by atoms with E-state index in [9.17, 15) is 28.1 Å². The minimum atomic E-state index is -4.50. The van der Waals surface area contributed by atoms with E-state index < -0.39 is 38.0 Å². The molecule has 0 aliphatic carbocycles. The lowest BCUT2D eigenvalue weighted by Crippen LogP contribution is -2.39. The second-order valence-corrected chi connectivity index (χ2v) is 11.0. The van der Waals surface area contributed by atoms with Crippen molar-refractivity contribution in [2.45, 2.75) is 11.8 Å². The van der Waals surface area contributed by atoms with Gasteiger partial charge in [0.25, 0.3) is 27.5 Å². The number of nitro groups is 1. The Morgan fingerprint density at radius 1 is 0.907 bits per heavy atom. The summed E-state index contributed by atoms with van der Waals surface area (Å²) in [6.45, 7) is 1.07. The Bertz CT molecular complexity index is 1730. The summed E-state index contributed by atoms with van der Waals surface area (Å²) in [5, 5.41) is 18.1. The molecule has 2 amide bonds. The topological polar surface area (TPSA) is 160 Å². The first-order valence-corrected chi connectivity index (χ1v) is 14.3. The number of anilines is 2. The van der Waals surface area contributed by atoms with E-state index in [2.05, 4.69) is 15.8 Å². The number of hydrazone groups is 1. The zero-order valence-corrected chi connectivity index (χ0v) is 23.7. The van der Waals surface area contributed by atoms with E-state index >= 15 is 0 Å². The Labute approximate surface area is 247 Å². The highest BCUT2D eigenvalue weighted by Crippen LogP contribution is 2.29. The number of ether oxygens (including phenoxy) is 1. The molecule has 0 saturated heterocycles. The Balaban J connectivity index is 1.37. The first-order chi connectivity index (χ1) is 20.6. The van der Waals surface area contributed by atoms with Gasteiger partial charge in [0.15, 0.2) is 11.5 Å². The molecule has 0 unspecified atom stereocenters. The molecule has 0 spiro atoms. The molecule has 4 aromatic carbocycles. The number of aryl methyl sites for hydroxylation is 1. The van der Waals surface area contributed by atoms with Crippen LogP contribution < -0.4 is 19.8 Å². The molecule has 0 atom stereocenters. The van der Waals surface area contributed by atoms with Gasteiger partial charge in [-0.3, -0.25) is 24.0 Å². The fourth-order valence-electron chi connectivity index (χ4n) is 3.83. The predicted octanol–water partition coefficient (Wildman–Crippen LogP) is 4.27. The summed E-state index contributed by atoms with van der Waals surface area (Å²) >= 11 is 0. The molecule has 4 aromatic rings. The van der Waals surface area contributed by atoms with Crippen molar-refractivity contribution in [3.05, 3.63) is 124 Å². The molecule has 13 heteroatoms. The predicted molar refractivity (Wildman–Crippen MR) is 162 cm³/mol. The fourth-order valence-corrected chi connectivity index (χ4v) is 5.41. The number of carbonyl (C=O) groups is 2. The van der Waals surface area contributed by atoms with Gasteiger partial charge in [-0.2, -0.15) is 5.10 Å². The monoisotopic (exact) mass is 601 g/mol. The summed E-state index contributed by atoms with van der Waals surface area (Å²) in [7, 11) is -4.50. The molecule has 0 aliphatic heterocycles. The van der Waals surface area contributed by atoms with Crippen LogP contribution in [0, 0.1) is 17.0 Å². The molecule has 0 fully saturated rings. The molecular weight excluding hydrogens is 574 g/mol. The molecule has 12 nitrogen and oxygen atoms in total. The van der Waals surface area contributed by atoms with Crippen molar-refractivity contribution in [2.75, 3.05) is 22.8 Å². The Hall–Kier alpha value is -5.56. The number of hydrogen-bond donors (Lipinski definition) is 2. The highest BCUT2D eigenvalue weighted by molar-refractivity contribution is 7.93. The molecule has 220 valence electrons. The molecule has 0 bridgehead atoms. The van der Waals surface area contributed by atoms with Crippen LogP contribution in [-0.2, 0) is 19.6 Å². The third-order valence-electron chi connectivity index (χ3n) is 5.95. The lowest BCUT2D eigenvalue weighted by molar-refractivity contribution is -0.387. The molecule has 2 N–H and O–H groups in total. The summed E-state index contributed by atoms with van der Waals surface area (Å²) in [5.41, 5.74) is 4.14. The van der Waals surface area contributed by atoms with E-state index in [4.69, 9.17) is 4.74 Å². The van der Waals surface area contributed by atoms with Crippen LogP contribution in [0.15, 0.2) is 113 Å². The van der Waals surface area contributed by atoms with Crippen molar-refractivity contribution < 1.29 is 27.7 Å². The highest BCUT2D eigenvalue weighted by Gasteiger charge is 2.33. The quantitative estimate of drug-likeness (QED) is 0.139. The lowest BCUT2D eigenvalue weighted by atomic mass is 10.2. The van der Waals surface area contributed by atoms with Crippen LogP contribution in [0.4, 0.5) is 17.1 Å². The number of nitrogens with one attached hydrogen (secondary N) is 2. The first-order valence-electron chi connectivity index (χ1n) is 12.9. The summed E-state index contributed by atoms with van der Waals surface area (Å²) < 4.78 is 33.3. The third-order valence-corrected chi connectivity index (χ3v) is 7.77. The average Bonchev–Trinajstić information content (AvgIpc) is 3.01. The number of para-hydroxylation sites is 2. The molecule has 0 heterocycles. The van der Waals surface area contributed by atoms with Gasteiger partial charge in [0.05, 0.1) is 16.8 Å². The van der Waals surface area contributed by atoms with Crippen LogP contribution in [0.25, 0.3) is 0 Å². The van der Waals surface area contributed by atoms with E-state index in [-0.39, 0.29) is 18.2 Å². The Morgan fingerprint density at radius 3 is 2.23 bits per heavy atom. The average molecular weight is 602 g/mol. The van der Waals surface area contributed by atoms with Crippen molar-refractivity contribution >= 4 is 45.1 Å². The van der Waals surface area contributed by atoms with Gasteiger partial charge in [-0.15, -0.1) is 0 Å². The minimum Gasteiger partial charge on any atom is -0.484 e. The van der Waals surface area contributed by atoms with E-state index in [1.807, 2.05) is 19.1 Å². The van der Waals surface area contributed by atoms with E-state index in [0.29, 0.717) is 17.0 Å². The largest absolute Gasteiger partial charge is 0.484 e. The third kappa shape index (κ3) is 8.24. The normalized spacial score (nSPS) is 11.1. The second kappa shape index (κ2) is 13.9. The van der Waals surface area contributed by atoms with E-state index in [0.717, 1.165) is 22.0 Å². The number of amides is 2. The van der Waals surface area contributed by atoms with Crippen LogP contribution in [0.5, 0.6) is 5.75 Å². The van der Waals surface area contributed by atoms with Gasteiger partial charge in [0, 0.05) is 11.8 Å². The van der Waals surface area contributed by atoms with Crippen LogP contribution >= 0.6 is 0 Å². The summed E-state index contributed by atoms with van der Waals surface area (Å²) in [4.78, 5) is 35.0. The van der Waals surface area contributed by atoms with Crippen molar-refractivity contribution in [3.63, 3.8) is 0 Å². The number of carbonyl (C=O) groups excluding carboxylic acids is 2. The zero-order valence-electron chi connectivity index (χ0n) is 22.9. The number of sulfonamides is 1. The molecule has 0 aliphatic rings. The maximum atomic E-state index is 13.5. The van der Waals surface area contributed by atoms with Gasteiger partial charge in [-0.1, -0.05) is 48.0 Å². The van der Waals surface area contributed by atoms with Crippen LogP contribution in [0.3, 0.4) is 0 Å². The molecule has 43 heavy (non-hydrogen) atoms. The number of hydrogen-bond acceptors (Lipinski definition) is 8. The Morgan fingerprint density at radius 2 is 1.56 bits per heavy atom. The number of nitro benzene ring substituents is 1. The summed E-state index contributed by atoms with van der Waals surface area (Å²) in [6.07, 6.45) is 1.34. The van der Waals surface area contributed by atoms with Crippen LogP contribution in [0.1, 0.15) is 11.1 Å². The molecule has 0 saturated carbocycles. The molecule has 0 aromatic heterocycles. The van der Waals surface area contributed by atoms with Gasteiger partial charge in [0.1, 0.15) is 12.3 Å². The summed E-state index contributed by atoms with van der Waals surface area (Å²) in [6, 6.07) is 26.6. The number of benzene rings is 4. The van der Waals surface area contributed by atoms with E-state index in [1.165, 1.54) is 30.5 Å². The van der Waals surface area contributed by atoms with Crippen molar-refractivity contribution in [3.8, 4) is 5.75 Å². The van der Waals surface area contributed by atoms with Crippen LogP contribution in [-0.4, -0.2) is 44.5 Å². The van der Waals surface area contributed by atoms with Gasteiger partial charge >= 0.3 is 0 Å². The number of rotatable bonds is 12. The van der Waals surface area contributed by atoms with Crippen molar-refractivity contribution in [1.82, 2.24) is 5.43 Å². The lowest BCUT2D eigenvalue weighted by Gasteiger charge is -2.23.